The second kappa shape index (κ2) is 6.18. The second-order valence-corrected chi connectivity index (χ2v) is 6.04. The van der Waals surface area contributed by atoms with Gasteiger partial charge in [-0.1, -0.05) is 42.1 Å². The summed E-state index contributed by atoms with van der Waals surface area (Å²) >= 11 is 12.5. The Balaban J connectivity index is 2.11. The molecule has 1 aliphatic rings. The van der Waals surface area contributed by atoms with Crippen molar-refractivity contribution in [2.45, 2.75) is 31.6 Å². The van der Waals surface area contributed by atoms with Crippen molar-refractivity contribution in [1.29, 1.82) is 0 Å². The third-order valence-electron chi connectivity index (χ3n) is 3.85. The van der Waals surface area contributed by atoms with Crippen LogP contribution in [-0.2, 0) is 0 Å². The van der Waals surface area contributed by atoms with Gasteiger partial charge in [0.25, 0.3) is 0 Å². The van der Waals surface area contributed by atoms with Gasteiger partial charge >= 0.3 is 0 Å². The molecule has 0 atom stereocenters. The molecule has 0 unspecified atom stereocenters. The summed E-state index contributed by atoms with van der Waals surface area (Å²) in [7, 11) is 0. The summed E-state index contributed by atoms with van der Waals surface area (Å²) < 4.78 is 0. The second-order valence-electron chi connectivity index (χ2n) is 5.22. The van der Waals surface area contributed by atoms with Crippen LogP contribution in [0.1, 0.15) is 37.3 Å². The van der Waals surface area contributed by atoms with E-state index < -0.39 is 0 Å². The minimum absolute atomic E-state index is 0.458. The standard InChI is InChI=1S/C15H16Cl2N4/c16-10-6-3-7-11(17)14(10)15-19-12(8-13(20-15)21-18)9-4-1-2-5-9/h3,6-9H,1-2,4-5,18H2,(H,19,20,21). The van der Waals surface area contributed by atoms with Gasteiger partial charge in [0.1, 0.15) is 5.82 Å². The van der Waals surface area contributed by atoms with Crippen LogP contribution in [0, 0.1) is 0 Å². The van der Waals surface area contributed by atoms with Crippen molar-refractivity contribution < 1.29 is 0 Å². The Hall–Kier alpha value is -1.36. The van der Waals surface area contributed by atoms with Crippen molar-refractivity contribution in [2.75, 3.05) is 5.43 Å². The highest BCUT2D eigenvalue weighted by Crippen LogP contribution is 2.37. The largest absolute Gasteiger partial charge is 0.308 e. The lowest BCUT2D eigenvalue weighted by Gasteiger charge is -2.13. The van der Waals surface area contributed by atoms with Gasteiger partial charge in [-0.25, -0.2) is 15.8 Å². The van der Waals surface area contributed by atoms with Crippen LogP contribution in [0.25, 0.3) is 11.4 Å². The predicted octanol–water partition coefficient (Wildman–Crippen LogP) is 4.39. The van der Waals surface area contributed by atoms with Crippen molar-refractivity contribution in [1.82, 2.24) is 9.97 Å². The average Bonchev–Trinajstić information content (AvgIpc) is 3.01. The van der Waals surface area contributed by atoms with Gasteiger partial charge < -0.3 is 5.43 Å². The van der Waals surface area contributed by atoms with Crippen molar-refractivity contribution in [3.63, 3.8) is 0 Å². The van der Waals surface area contributed by atoms with Crippen LogP contribution in [-0.4, -0.2) is 9.97 Å². The van der Waals surface area contributed by atoms with Crippen LogP contribution in [0.2, 0.25) is 10.0 Å². The first-order valence-corrected chi connectivity index (χ1v) is 7.74. The minimum Gasteiger partial charge on any atom is -0.308 e. The zero-order valence-corrected chi connectivity index (χ0v) is 13.0. The van der Waals surface area contributed by atoms with Crippen molar-refractivity contribution in [2.24, 2.45) is 5.84 Å². The maximum atomic E-state index is 6.26. The summed E-state index contributed by atoms with van der Waals surface area (Å²) in [5, 5.41) is 1.07. The first-order chi connectivity index (χ1) is 10.2. The van der Waals surface area contributed by atoms with Gasteiger partial charge in [0, 0.05) is 17.7 Å². The first-order valence-electron chi connectivity index (χ1n) is 6.99. The van der Waals surface area contributed by atoms with E-state index in [-0.39, 0.29) is 0 Å². The van der Waals surface area contributed by atoms with E-state index in [1.165, 1.54) is 12.8 Å². The summed E-state index contributed by atoms with van der Waals surface area (Å²) in [6.45, 7) is 0. The normalized spacial score (nSPS) is 15.4. The van der Waals surface area contributed by atoms with Gasteiger partial charge in [-0.15, -0.1) is 0 Å². The van der Waals surface area contributed by atoms with Crippen LogP contribution in [0.3, 0.4) is 0 Å². The van der Waals surface area contributed by atoms with Gasteiger partial charge in [0.2, 0.25) is 0 Å². The number of anilines is 1. The Bertz CT molecular complexity index is 634. The molecule has 6 heteroatoms. The fourth-order valence-electron chi connectivity index (χ4n) is 2.79. The maximum absolute atomic E-state index is 6.26. The number of hydrogen-bond donors (Lipinski definition) is 2. The van der Waals surface area contributed by atoms with E-state index >= 15 is 0 Å². The van der Waals surface area contributed by atoms with E-state index in [1.54, 1.807) is 18.2 Å². The predicted molar refractivity (Wildman–Crippen MR) is 86.5 cm³/mol. The highest BCUT2D eigenvalue weighted by Gasteiger charge is 2.21. The smallest absolute Gasteiger partial charge is 0.164 e. The molecular formula is C15H16Cl2N4. The molecular weight excluding hydrogens is 307 g/mol. The molecule has 3 rings (SSSR count). The van der Waals surface area contributed by atoms with E-state index in [4.69, 9.17) is 29.0 Å². The molecule has 0 bridgehead atoms. The number of aromatic nitrogens is 2. The Kier molecular flexibility index (Phi) is 4.29. The molecule has 0 aliphatic heterocycles. The molecule has 110 valence electrons. The third-order valence-corrected chi connectivity index (χ3v) is 4.48. The summed E-state index contributed by atoms with van der Waals surface area (Å²) in [4.78, 5) is 9.08. The quantitative estimate of drug-likeness (QED) is 0.649. The minimum atomic E-state index is 0.458. The molecule has 3 N–H and O–H groups in total. The average molecular weight is 323 g/mol. The molecule has 21 heavy (non-hydrogen) atoms. The van der Waals surface area contributed by atoms with Gasteiger partial charge in [-0.3, -0.25) is 0 Å². The molecule has 1 aromatic carbocycles. The summed E-state index contributed by atoms with van der Waals surface area (Å²) in [5.74, 6) is 7.09. The molecule has 0 saturated heterocycles. The Morgan fingerprint density at radius 1 is 1.10 bits per heavy atom. The van der Waals surface area contributed by atoms with E-state index in [0.29, 0.717) is 33.2 Å². The van der Waals surface area contributed by atoms with Crippen LogP contribution < -0.4 is 11.3 Å². The highest BCUT2D eigenvalue weighted by atomic mass is 35.5. The lowest BCUT2D eigenvalue weighted by Crippen LogP contribution is -2.11. The van der Waals surface area contributed by atoms with Crippen molar-refractivity contribution >= 4 is 29.0 Å². The van der Waals surface area contributed by atoms with Crippen molar-refractivity contribution in [3.8, 4) is 11.4 Å². The van der Waals surface area contributed by atoms with Crippen LogP contribution in [0.4, 0.5) is 5.82 Å². The number of nitrogens with one attached hydrogen (secondary N) is 1. The monoisotopic (exact) mass is 322 g/mol. The summed E-state index contributed by atoms with van der Waals surface area (Å²) in [5.41, 5.74) is 4.25. The van der Waals surface area contributed by atoms with Gasteiger partial charge in [0.05, 0.1) is 15.6 Å². The molecule has 2 aromatic rings. The number of nitrogen functional groups attached to an aromatic ring is 1. The molecule has 0 radical (unpaired) electrons. The number of hydrogen-bond acceptors (Lipinski definition) is 4. The van der Waals surface area contributed by atoms with Crippen LogP contribution in [0.15, 0.2) is 24.3 Å². The topological polar surface area (TPSA) is 63.8 Å². The highest BCUT2D eigenvalue weighted by molar-refractivity contribution is 6.38. The van der Waals surface area contributed by atoms with E-state index in [9.17, 15) is 0 Å². The first kappa shape index (κ1) is 14.6. The fraction of sp³-hybridized carbons (Fsp3) is 0.333. The summed E-state index contributed by atoms with van der Waals surface area (Å²) in [6, 6.07) is 7.27. The zero-order chi connectivity index (χ0) is 14.8. The number of halogens is 2. The van der Waals surface area contributed by atoms with Crippen LogP contribution in [0.5, 0.6) is 0 Å². The zero-order valence-electron chi connectivity index (χ0n) is 11.4. The van der Waals surface area contributed by atoms with E-state index in [2.05, 4.69) is 15.4 Å². The van der Waals surface area contributed by atoms with E-state index in [0.717, 1.165) is 18.5 Å². The van der Waals surface area contributed by atoms with Gasteiger partial charge in [0.15, 0.2) is 5.82 Å². The number of nitrogens with zero attached hydrogens (tertiary/aromatic N) is 2. The molecule has 0 spiro atoms. The molecule has 1 saturated carbocycles. The molecule has 0 amide bonds. The molecule has 1 fully saturated rings. The Morgan fingerprint density at radius 2 is 1.76 bits per heavy atom. The fourth-order valence-corrected chi connectivity index (χ4v) is 3.36. The lowest BCUT2D eigenvalue weighted by atomic mass is 10.0. The molecule has 1 heterocycles. The molecule has 1 aliphatic carbocycles. The maximum Gasteiger partial charge on any atom is 0.164 e. The lowest BCUT2D eigenvalue weighted by molar-refractivity contribution is 0.695. The number of hydrazine groups is 1. The Labute approximate surface area is 133 Å². The molecule has 4 nitrogen and oxygen atoms in total. The van der Waals surface area contributed by atoms with E-state index in [1.807, 2.05) is 6.07 Å². The number of rotatable bonds is 3. The van der Waals surface area contributed by atoms with Gasteiger partial charge in [-0.05, 0) is 25.0 Å². The number of nitrogens with two attached hydrogens (primary N) is 1. The SMILES string of the molecule is NNc1cc(C2CCCC2)nc(-c2c(Cl)cccc2Cl)n1. The summed E-state index contributed by atoms with van der Waals surface area (Å²) in [6.07, 6.45) is 4.78. The Morgan fingerprint density at radius 3 is 2.38 bits per heavy atom. The number of benzene rings is 1. The van der Waals surface area contributed by atoms with Crippen molar-refractivity contribution in [3.05, 3.63) is 40.0 Å². The van der Waals surface area contributed by atoms with Gasteiger partial charge in [-0.2, -0.15) is 0 Å². The third kappa shape index (κ3) is 2.98. The van der Waals surface area contributed by atoms with Crippen LogP contribution >= 0.6 is 23.2 Å². The molecule has 1 aromatic heterocycles.